The average molecular weight is 291 g/mol. The zero-order valence-corrected chi connectivity index (χ0v) is 12.6. The van der Waals surface area contributed by atoms with Crippen LogP contribution in [0.4, 0.5) is 4.39 Å². The predicted molar refractivity (Wildman–Crippen MR) is 80.6 cm³/mol. The normalized spacial score (nSPS) is 12.5. The Morgan fingerprint density at radius 2 is 1.95 bits per heavy atom. The molecule has 1 atom stereocenters. The molecule has 0 fully saturated rings. The van der Waals surface area contributed by atoms with Crippen LogP contribution >= 0.6 is 0 Å². The van der Waals surface area contributed by atoms with Crippen molar-refractivity contribution >= 4 is 0 Å². The Morgan fingerprint density at radius 1 is 1.19 bits per heavy atom. The topological polar surface area (TPSA) is 34.4 Å². The minimum atomic E-state index is -0.211. The molecule has 0 bridgehead atoms. The first-order valence-electron chi connectivity index (χ1n) is 7.28. The molecular weight excluding hydrogens is 269 g/mol. The van der Waals surface area contributed by atoms with Crippen molar-refractivity contribution in [1.82, 2.24) is 5.32 Å². The van der Waals surface area contributed by atoms with Crippen LogP contribution in [0.5, 0.6) is 0 Å². The van der Waals surface area contributed by atoms with Gasteiger partial charge in [-0.3, -0.25) is 0 Å². The molecule has 0 spiro atoms. The molecule has 0 saturated carbocycles. The standard InChI is InChI=1S/C17H22FNO2/c1-3-10-19-16(11-13-4-6-14(18)7-5-13)17-9-8-15(21-17)12-20-2/h4-9,16,19H,3,10-12H2,1-2H3. The molecule has 21 heavy (non-hydrogen) atoms. The van der Waals surface area contributed by atoms with Gasteiger partial charge in [0.05, 0.1) is 6.04 Å². The van der Waals surface area contributed by atoms with Crippen LogP contribution in [0.1, 0.15) is 36.5 Å². The van der Waals surface area contributed by atoms with Crippen LogP contribution in [0, 0.1) is 5.82 Å². The van der Waals surface area contributed by atoms with Gasteiger partial charge >= 0.3 is 0 Å². The summed E-state index contributed by atoms with van der Waals surface area (Å²) in [5.41, 5.74) is 1.08. The fourth-order valence-corrected chi connectivity index (χ4v) is 2.25. The third-order valence-electron chi connectivity index (χ3n) is 3.31. The van der Waals surface area contributed by atoms with E-state index in [-0.39, 0.29) is 11.9 Å². The Hall–Kier alpha value is -1.65. The van der Waals surface area contributed by atoms with Crippen molar-refractivity contribution in [1.29, 1.82) is 0 Å². The Kier molecular flexibility index (Phi) is 5.96. The van der Waals surface area contributed by atoms with E-state index in [1.165, 1.54) is 12.1 Å². The van der Waals surface area contributed by atoms with Gasteiger partial charge in [-0.05, 0) is 49.2 Å². The summed E-state index contributed by atoms with van der Waals surface area (Å²) in [6.07, 6.45) is 1.81. The van der Waals surface area contributed by atoms with E-state index in [0.717, 1.165) is 36.5 Å². The van der Waals surface area contributed by atoms with E-state index >= 15 is 0 Å². The van der Waals surface area contributed by atoms with Gasteiger partial charge in [0.15, 0.2) is 0 Å². The zero-order chi connectivity index (χ0) is 15.1. The highest BCUT2D eigenvalue weighted by Gasteiger charge is 2.16. The Bertz CT molecular complexity index is 536. The van der Waals surface area contributed by atoms with Gasteiger partial charge in [0.1, 0.15) is 23.9 Å². The van der Waals surface area contributed by atoms with Gasteiger partial charge in [-0.25, -0.2) is 4.39 Å². The van der Waals surface area contributed by atoms with Gasteiger partial charge in [0.2, 0.25) is 0 Å². The van der Waals surface area contributed by atoms with E-state index in [0.29, 0.717) is 6.61 Å². The minimum absolute atomic E-state index is 0.0843. The number of halogens is 1. The monoisotopic (exact) mass is 291 g/mol. The summed E-state index contributed by atoms with van der Waals surface area (Å²) in [5, 5.41) is 3.48. The molecule has 1 N–H and O–H groups in total. The number of hydrogen-bond acceptors (Lipinski definition) is 3. The lowest BCUT2D eigenvalue weighted by molar-refractivity contribution is 0.161. The lowest BCUT2D eigenvalue weighted by atomic mass is 10.0. The maximum absolute atomic E-state index is 13.0. The molecule has 0 amide bonds. The summed E-state index contributed by atoms with van der Waals surface area (Å²) in [6, 6.07) is 10.6. The van der Waals surface area contributed by atoms with Gasteiger partial charge < -0.3 is 14.5 Å². The zero-order valence-electron chi connectivity index (χ0n) is 12.6. The van der Waals surface area contributed by atoms with E-state index in [2.05, 4.69) is 12.2 Å². The van der Waals surface area contributed by atoms with Crippen LogP contribution in [0.2, 0.25) is 0 Å². The van der Waals surface area contributed by atoms with Gasteiger partial charge in [-0.2, -0.15) is 0 Å². The Balaban J connectivity index is 2.10. The fourth-order valence-electron chi connectivity index (χ4n) is 2.25. The predicted octanol–water partition coefficient (Wildman–Crippen LogP) is 3.85. The van der Waals surface area contributed by atoms with Crippen molar-refractivity contribution in [3.8, 4) is 0 Å². The number of hydrogen-bond donors (Lipinski definition) is 1. The summed E-state index contributed by atoms with van der Waals surface area (Å²) in [6.45, 7) is 3.50. The molecule has 0 saturated heterocycles. The molecule has 0 aliphatic heterocycles. The van der Waals surface area contributed by atoms with E-state index in [1.807, 2.05) is 24.3 Å². The number of methoxy groups -OCH3 is 1. The molecule has 114 valence electrons. The number of rotatable bonds is 8. The third-order valence-corrected chi connectivity index (χ3v) is 3.31. The highest BCUT2D eigenvalue weighted by Crippen LogP contribution is 2.21. The number of ether oxygens (including phenoxy) is 1. The maximum atomic E-state index is 13.0. The van der Waals surface area contributed by atoms with Gasteiger partial charge in [0, 0.05) is 7.11 Å². The molecule has 2 rings (SSSR count). The van der Waals surface area contributed by atoms with E-state index < -0.39 is 0 Å². The molecule has 1 aromatic heterocycles. The van der Waals surface area contributed by atoms with E-state index in [9.17, 15) is 4.39 Å². The fraction of sp³-hybridized carbons (Fsp3) is 0.412. The van der Waals surface area contributed by atoms with Crippen molar-refractivity contribution in [2.24, 2.45) is 0 Å². The second-order valence-electron chi connectivity index (χ2n) is 5.07. The van der Waals surface area contributed by atoms with Crippen LogP contribution in [-0.4, -0.2) is 13.7 Å². The summed E-state index contributed by atoms with van der Waals surface area (Å²) >= 11 is 0. The molecule has 1 heterocycles. The van der Waals surface area contributed by atoms with Gasteiger partial charge in [-0.1, -0.05) is 19.1 Å². The highest BCUT2D eigenvalue weighted by atomic mass is 19.1. The maximum Gasteiger partial charge on any atom is 0.129 e. The van der Waals surface area contributed by atoms with E-state index in [1.54, 1.807) is 7.11 Å². The minimum Gasteiger partial charge on any atom is -0.462 e. The van der Waals surface area contributed by atoms with Crippen molar-refractivity contribution in [2.45, 2.75) is 32.4 Å². The quantitative estimate of drug-likeness (QED) is 0.802. The second-order valence-corrected chi connectivity index (χ2v) is 5.07. The first kappa shape index (κ1) is 15.7. The Labute approximate surface area is 125 Å². The first-order valence-corrected chi connectivity index (χ1v) is 7.28. The van der Waals surface area contributed by atoms with Crippen molar-refractivity contribution < 1.29 is 13.5 Å². The number of benzene rings is 1. The van der Waals surface area contributed by atoms with E-state index in [4.69, 9.17) is 9.15 Å². The second kappa shape index (κ2) is 7.96. The van der Waals surface area contributed by atoms with Crippen molar-refractivity contribution in [3.63, 3.8) is 0 Å². The lowest BCUT2D eigenvalue weighted by Crippen LogP contribution is -2.23. The third kappa shape index (κ3) is 4.69. The smallest absolute Gasteiger partial charge is 0.129 e. The van der Waals surface area contributed by atoms with Crippen molar-refractivity contribution in [2.75, 3.05) is 13.7 Å². The Morgan fingerprint density at radius 3 is 2.62 bits per heavy atom. The molecular formula is C17H22FNO2. The van der Waals surface area contributed by atoms with Crippen LogP contribution in [0.3, 0.4) is 0 Å². The van der Waals surface area contributed by atoms with Crippen LogP contribution in [0.25, 0.3) is 0 Å². The van der Waals surface area contributed by atoms with Crippen LogP contribution in [-0.2, 0) is 17.8 Å². The molecule has 2 aromatic rings. The number of nitrogens with one attached hydrogen (secondary N) is 1. The highest BCUT2D eigenvalue weighted by molar-refractivity contribution is 5.20. The summed E-state index contributed by atoms with van der Waals surface area (Å²) < 4.78 is 23.9. The molecule has 3 nitrogen and oxygen atoms in total. The summed E-state index contributed by atoms with van der Waals surface area (Å²) in [4.78, 5) is 0. The average Bonchev–Trinajstić information content (AvgIpc) is 2.94. The van der Waals surface area contributed by atoms with Crippen LogP contribution < -0.4 is 5.32 Å². The van der Waals surface area contributed by atoms with Crippen LogP contribution in [0.15, 0.2) is 40.8 Å². The first-order chi connectivity index (χ1) is 10.2. The molecule has 0 aliphatic rings. The number of furan rings is 1. The summed E-state index contributed by atoms with van der Waals surface area (Å²) in [5.74, 6) is 1.49. The molecule has 0 radical (unpaired) electrons. The lowest BCUT2D eigenvalue weighted by Gasteiger charge is -2.16. The van der Waals surface area contributed by atoms with Gasteiger partial charge in [-0.15, -0.1) is 0 Å². The van der Waals surface area contributed by atoms with Crippen molar-refractivity contribution in [3.05, 3.63) is 59.3 Å². The molecule has 1 unspecified atom stereocenters. The summed E-state index contributed by atoms with van der Waals surface area (Å²) in [7, 11) is 1.65. The largest absolute Gasteiger partial charge is 0.462 e. The molecule has 4 heteroatoms. The SMILES string of the molecule is CCCNC(Cc1ccc(F)cc1)c1ccc(COC)o1. The molecule has 0 aliphatic carbocycles. The molecule has 1 aromatic carbocycles. The van der Waals surface area contributed by atoms with Gasteiger partial charge in [0.25, 0.3) is 0 Å².